The number of aliphatic hydroxyl groups is 1. The molecule has 1 aromatic rings. The molecular formula is C17H28N4O. The minimum Gasteiger partial charge on any atom is -0.393 e. The Morgan fingerprint density at radius 3 is 2.59 bits per heavy atom. The number of pyridine rings is 1. The van der Waals surface area contributed by atoms with Gasteiger partial charge in [0.15, 0.2) is 0 Å². The van der Waals surface area contributed by atoms with Crippen molar-refractivity contribution < 1.29 is 5.11 Å². The second-order valence-corrected chi connectivity index (χ2v) is 6.77. The van der Waals surface area contributed by atoms with Gasteiger partial charge in [-0.25, -0.2) is 4.98 Å². The van der Waals surface area contributed by atoms with E-state index in [9.17, 15) is 5.11 Å². The van der Waals surface area contributed by atoms with Crippen LogP contribution in [0.15, 0.2) is 12.1 Å². The summed E-state index contributed by atoms with van der Waals surface area (Å²) in [7, 11) is 0. The van der Waals surface area contributed by atoms with Gasteiger partial charge >= 0.3 is 0 Å². The van der Waals surface area contributed by atoms with E-state index in [1.165, 1.54) is 37.9 Å². The topological polar surface area (TPSA) is 74.4 Å². The molecule has 1 saturated carbocycles. The number of nitrogens with one attached hydrogen (secondary N) is 1. The van der Waals surface area contributed by atoms with Gasteiger partial charge in [0.05, 0.1) is 6.10 Å². The van der Waals surface area contributed by atoms with Crippen molar-refractivity contribution in [1.82, 2.24) is 9.88 Å². The summed E-state index contributed by atoms with van der Waals surface area (Å²) >= 11 is 0. The van der Waals surface area contributed by atoms with E-state index in [0.717, 1.165) is 38.0 Å². The van der Waals surface area contributed by atoms with Crippen molar-refractivity contribution in [3.05, 3.63) is 17.7 Å². The molecule has 3 rings (SSSR count). The maximum Gasteiger partial charge on any atom is 0.128 e. The fraction of sp³-hybridized carbons (Fsp3) is 0.706. The lowest BCUT2D eigenvalue weighted by Gasteiger charge is -2.28. The van der Waals surface area contributed by atoms with Crippen LogP contribution in [0.3, 0.4) is 0 Å². The van der Waals surface area contributed by atoms with Crippen LogP contribution in [0, 0.1) is 0 Å². The third-order valence-electron chi connectivity index (χ3n) is 4.81. The third kappa shape index (κ3) is 4.34. The monoisotopic (exact) mass is 304 g/mol. The van der Waals surface area contributed by atoms with Crippen LogP contribution in [0.25, 0.3) is 0 Å². The van der Waals surface area contributed by atoms with Gasteiger partial charge in [-0.05, 0) is 69.3 Å². The highest BCUT2D eigenvalue weighted by Crippen LogP contribution is 2.23. The number of hydrogen-bond donors (Lipinski definition) is 3. The molecule has 2 heterocycles. The number of piperidine rings is 1. The number of hydrogen-bond acceptors (Lipinski definition) is 5. The summed E-state index contributed by atoms with van der Waals surface area (Å²) in [5.41, 5.74) is 7.23. The Bertz CT molecular complexity index is 480. The van der Waals surface area contributed by atoms with E-state index in [0.29, 0.717) is 11.9 Å². The highest BCUT2D eigenvalue weighted by atomic mass is 16.3. The number of nitrogens with zero attached hydrogens (tertiary/aromatic N) is 2. The molecule has 2 fully saturated rings. The van der Waals surface area contributed by atoms with Gasteiger partial charge in [0.1, 0.15) is 11.6 Å². The number of aromatic nitrogens is 1. The van der Waals surface area contributed by atoms with Crippen molar-refractivity contribution in [2.75, 3.05) is 24.1 Å². The summed E-state index contributed by atoms with van der Waals surface area (Å²) in [4.78, 5) is 6.92. The van der Waals surface area contributed by atoms with Crippen LogP contribution in [0.2, 0.25) is 0 Å². The molecule has 1 aromatic heterocycles. The predicted octanol–water partition coefficient (Wildman–Crippen LogP) is 2.37. The Labute approximate surface area is 132 Å². The molecule has 2 aliphatic rings. The van der Waals surface area contributed by atoms with Crippen molar-refractivity contribution in [3.63, 3.8) is 0 Å². The number of nitrogens with two attached hydrogens (primary N) is 1. The second kappa shape index (κ2) is 7.29. The summed E-state index contributed by atoms with van der Waals surface area (Å²) in [5, 5.41) is 13.1. The summed E-state index contributed by atoms with van der Waals surface area (Å²) in [6, 6.07) is 4.53. The normalized spacial score (nSPS) is 26.8. The van der Waals surface area contributed by atoms with Crippen LogP contribution >= 0.6 is 0 Å². The molecule has 4 N–H and O–H groups in total. The van der Waals surface area contributed by atoms with E-state index >= 15 is 0 Å². The Morgan fingerprint density at radius 1 is 1.14 bits per heavy atom. The van der Waals surface area contributed by atoms with Gasteiger partial charge in [0.2, 0.25) is 0 Å². The van der Waals surface area contributed by atoms with E-state index in [1.54, 1.807) is 0 Å². The average molecular weight is 304 g/mol. The molecule has 0 spiro atoms. The zero-order chi connectivity index (χ0) is 15.4. The van der Waals surface area contributed by atoms with Gasteiger partial charge in [0.25, 0.3) is 0 Å². The first-order valence-electron chi connectivity index (χ1n) is 8.62. The smallest absolute Gasteiger partial charge is 0.128 e. The minimum absolute atomic E-state index is 0.124. The lowest BCUT2D eigenvalue weighted by Crippen LogP contribution is -2.30. The Kier molecular flexibility index (Phi) is 5.16. The first-order chi connectivity index (χ1) is 10.7. The standard InChI is InChI=1S/C17H28N4O/c18-16-10-13(12-21-8-2-1-3-9-21)11-17(20-16)19-14-4-6-15(22)7-5-14/h10-11,14-15,22H,1-9,12H2,(H3,18,19,20). The molecule has 0 atom stereocenters. The third-order valence-corrected chi connectivity index (χ3v) is 4.81. The molecule has 5 nitrogen and oxygen atoms in total. The summed E-state index contributed by atoms with van der Waals surface area (Å²) in [6.45, 7) is 3.34. The van der Waals surface area contributed by atoms with E-state index in [-0.39, 0.29) is 6.10 Å². The molecule has 1 saturated heterocycles. The lowest BCUT2D eigenvalue weighted by atomic mass is 9.93. The van der Waals surface area contributed by atoms with Gasteiger partial charge in [-0.1, -0.05) is 6.42 Å². The molecule has 0 amide bonds. The average Bonchev–Trinajstić information content (AvgIpc) is 2.50. The van der Waals surface area contributed by atoms with Crippen LogP contribution in [0.5, 0.6) is 0 Å². The molecule has 5 heteroatoms. The van der Waals surface area contributed by atoms with Gasteiger partial charge in [-0.2, -0.15) is 0 Å². The number of anilines is 2. The van der Waals surface area contributed by atoms with Crippen LogP contribution in [0.1, 0.15) is 50.5 Å². The van der Waals surface area contributed by atoms with Crippen LogP contribution < -0.4 is 11.1 Å². The number of nitrogen functional groups attached to an aromatic ring is 1. The fourth-order valence-electron chi connectivity index (χ4n) is 3.58. The minimum atomic E-state index is -0.124. The zero-order valence-corrected chi connectivity index (χ0v) is 13.3. The fourth-order valence-corrected chi connectivity index (χ4v) is 3.58. The van der Waals surface area contributed by atoms with Crippen molar-refractivity contribution in [2.24, 2.45) is 0 Å². The van der Waals surface area contributed by atoms with Gasteiger partial charge in [-0.15, -0.1) is 0 Å². The van der Waals surface area contributed by atoms with Crippen molar-refractivity contribution in [1.29, 1.82) is 0 Å². The van der Waals surface area contributed by atoms with Gasteiger partial charge < -0.3 is 16.2 Å². The van der Waals surface area contributed by atoms with Crippen LogP contribution in [0.4, 0.5) is 11.6 Å². The molecule has 0 bridgehead atoms. The highest BCUT2D eigenvalue weighted by Gasteiger charge is 2.20. The summed E-state index contributed by atoms with van der Waals surface area (Å²) in [5.74, 6) is 1.47. The molecule has 1 aliphatic carbocycles. The number of rotatable bonds is 4. The van der Waals surface area contributed by atoms with E-state index in [2.05, 4.69) is 21.3 Å². The number of likely N-dealkylation sites (tertiary alicyclic amines) is 1. The van der Waals surface area contributed by atoms with Crippen molar-refractivity contribution >= 4 is 11.6 Å². The molecule has 122 valence electrons. The van der Waals surface area contributed by atoms with Gasteiger partial charge in [-0.3, -0.25) is 4.90 Å². The Balaban J connectivity index is 1.61. The lowest BCUT2D eigenvalue weighted by molar-refractivity contribution is 0.126. The second-order valence-electron chi connectivity index (χ2n) is 6.77. The van der Waals surface area contributed by atoms with Crippen molar-refractivity contribution in [2.45, 2.75) is 63.6 Å². The predicted molar refractivity (Wildman–Crippen MR) is 89.7 cm³/mol. The molecule has 0 unspecified atom stereocenters. The maximum atomic E-state index is 9.59. The SMILES string of the molecule is Nc1cc(CN2CCCCC2)cc(NC2CCC(O)CC2)n1. The van der Waals surface area contributed by atoms with Crippen molar-refractivity contribution in [3.8, 4) is 0 Å². The Hall–Kier alpha value is -1.33. The first kappa shape index (κ1) is 15.6. The molecule has 0 radical (unpaired) electrons. The number of aliphatic hydroxyl groups excluding tert-OH is 1. The van der Waals surface area contributed by atoms with Gasteiger partial charge in [0, 0.05) is 12.6 Å². The van der Waals surface area contributed by atoms with Crippen LogP contribution in [-0.4, -0.2) is 40.2 Å². The first-order valence-corrected chi connectivity index (χ1v) is 8.62. The van der Waals surface area contributed by atoms with E-state index < -0.39 is 0 Å². The highest BCUT2D eigenvalue weighted by molar-refractivity contribution is 5.47. The molecule has 22 heavy (non-hydrogen) atoms. The van der Waals surface area contributed by atoms with E-state index in [4.69, 9.17) is 5.73 Å². The summed E-state index contributed by atoms with van der Waals surface area (Å²) in [6.07, 6.45) is 7.59. The maximum absolute atomic E-state index is 9.59. The largest absolute Gasteiger partial charge is 0.393 e. The molecule has 1 aliphatic heterocycles. The Morgan fingerprint density at radius 2 is 1.86 bits per heavy atom. The van der Waals surface area contributed by atoms with Crippen LogP contribution in [-0.2, 0) is 6.54 Å². The molecule has 0 aromatic carbocycles. The zero-order valence-electron chi connectivity index (χ0n) is 13.3. The molecular weight excluding hydrogens is 276 g/mol. The van der Waals surface area contributed by atoms with E-state index in [1.807, 2.05) is 6.07 Å². The quantitative estimate of drug-likeness (QED) is 0.796. The summed E-state index contributed by atoms with van der Waals surface area (Å²) < 4.78 is 0.